The van der Waals surface area contributed by atoms with Crippen molar-refractivity contribution in [2.24, 2.45) is 0 Å². The van der Waals surface area contributed by atoms with Crippen molar-refractivity contribution >= 4 is 29.5 Å². The van der Waals surface area contributed by atoms with Gasteiger partial charge in [0.1, 0.15) is 18.5 Å². The maximum absolute atomic E-state index is 14.8. The maximum atomic E-state index is 14.8. The van der Waals surface area contributed by atoms with Crippen LogP contribution in [0, 0.1) is 0 Å². The van der Waals surface area contributed by atoms with E-state index in [9.17, 15) is 33.1 Å². The molecule has 2 heterocycles. The van der Waals surface area contributed by atoms with Crippen molar-refractivity contribution in [2.45, 2.75) is 82.6 Å². The third-order valence-electron chi connectivity index (χ3n) is 6.41. The molecule has 1 fully saturated rings. The fourth-order valence-corrected chi connectivity index (χ4v) is 4.17. The SMILES string of the molecule is CCCCOC(=O)Nc1ccn(C2(O)OC(COC(=O)CCCCCCC(=O)Nc3ccccc3)CC2(F)F)c(=O)n1. The average Bonchev–Trinajstić information content (AvgIpc) is 3.18. The monoisotopic (exact) mass is 594 g/mol. The lowest BCUT2D eigenvalue weighted by Crippen LogP contribution is -2.52. The van der Waals surface area contributed by atoms with Crippen LogP contribution < -0.4 is 16.3 Å². The normalized spacial score (nSPS) is 19.2. The van der Waals surface area contributed by atoms with Crippen molar-refractivity contribution in [3.05, 3.63) is 53.1 Å². The Balaban J connectivity index is 1.39. The Morgan fingerprint density at radius 3 is 2.45 bits per heavy atom. The highest BCUT2D eigenvalue weighted by atomic mass is 19.3. The lowest BCUT2D eigenvalue weighted by Gasteiger charge is -2.29. The van der Waals surface area contributed by atoms with Gasteiger partial charge in [-0.1, -0.05) is 44.4 Å². The summed E-state index contributed by atoms with van der Waals surface area (Å²) in [6.45, 7) is 1.51. The van der Waals surface area contributed by atoms with Crippen LogP contribution in [-0.2, 0) is 29.7 Å². The number of nitrogens with zero attached hydrogens (tertiary/aromatic N) is 2. The number of hydrogen-bond acceptors (Lipinski definition) is 9. The van der Waals surface area contributed by atoms with Crippen molar-refractivity contribution in [1.82, 2.24) is 9.55 Å². The van der Waals surface area contributed by atoms with Gasteiger partial charge in [-0.25, -0.2) is 14.2 Å². The number of ether oxygens (including phenoxy) is 3. The summed E-state index contributed by atoms with van der Waals surface area (Å²) in [5, 5.41) is 15.6. The molecule has 0 aliphatic carbocycles. The molecule has 2 aromatic rings. The van der Waals surface area contributed by atoms with Crippen molar-refractivity contribution < 1.29 is 42.5 Å². The Kier molecular flexibility index (Phi) is 11.9. The first-order valence-electron chi connectivity index (χ1n) is 13.9. The van der Waals surface area contributed by atoms with Crippen LogP contribution in [0.4, 0.5) is 25.1 Å². The number of unbranched alkanes of at least 4 members (excludes halogenated alkanes) is 4. The molecule has 2 atom stereocenters. The number of nitrogens with one attached hydrogen (secondary N) is 2. The first-order chi connectivity index (χ1) is 20.0. The lowest BCUT2D eigenvalue weighted by atomic mass is 10.1. The number of amides is 2. The number of halogens is 2. The highest BCUT2D eigenvalue weighted by molar-refractivity contribution is 5.90. The van der Waals surface area contributed by atoms with Crippen LogP contribution in [0.5, 0.6) is 0 Å². The molecule has 1 aromatic carbocycles. The molecule has 0 bridgehead atoms. The van der Waals surface area contributed by atoms with E-state index < -0.39 is 48.7 Å². The van der Waals surface area contributed by atoms with Crippen LogP contribution in [0.3, 0.4) is 0 Å². The minimum Gasteiger partial charge on any atom is -0.463 e. The van der Waals surface area contributed by atoms with E-state index in [0.29, 0.717) is 32.1 Å². The van der Waals surface area contributed by atoms with Crippen molar-refractivity contribution in [3.63, 3.8) is 0 Å². The molecule has 3 N–H and O–H groups in total. The van der Waals surface area contributed by atoms with Gasteiger partial charge in [-0.2, -0.15) is 13.8 Å². The summed E-state index contributed by atoms with van der Waals surface area (Å²) in [5.41, 5.74) is -0.581. The zero-order chi connectivity index (χ0) is 30.6. The van der Waals surface area contributed by atoms with Gasteiger partial charge in [-0.15, -0.1) is 0 Å². The molecule has 0 radical (unpaired) electrons. The van der Waals surface area contributed by atoms with E-state index in [1.54, 1.807) is 12.1 Å². The maximum Gasteiger partial charge on any atom is 0.412 e. The first-order valence-corrected chi connectivity index (χ1v) is 13.9. The summed E-state index contributed by atoms with van der Waals surface area (Å²) in [4.78, 5) is 51.7. The summed E-state index contributed by atoms with van der Waals surface area (Å²) >= 11 is 0. The molecule has 1 aliphatic rings. The van der Waals surface area contributed by atoms with Gasteiger partial charge >= 0.3 is 29.6 Å². The van der Waals surface area contributed by atoms with Gasteiger partial charge < -0.3 is 24.6 Å². The van der Waals surface area contributed by atoms with Gasteiger partial charge in [0, 0.05) is 31.1 Å². The minimum atomic E-state index is -3.92. The van der Waals surface area contributed by atoms with E-state index in [-0.39, 0.29) is 29.3 Å². The molecule has 0 saturated carbocycles. The van der Waals surface area contributed by atoms with Gasteiger partial charge in [-0.05, 0) is 37.5 Å². The molecule has 2 unspecified atom stereocenters. The van der Waals surface area contributed by atoms with Crippen LogP contribution in [0.25, 0.3) is 0 Å². The second-order valence-electron chi connectivity index (χ2n) is 9.85. The third kappa shape index (κ3) is 9.31. The van der Waals surface area contributed by atoms with E-state index in [1.165, 1.54) is 0 Å². The predicted molar refractivity (Wildman–Crippen MR) is 147 cm³/mol. The van der Waals surface area contributed by atoms with Gasteiger partial charge in [0.25, 0.3) is 0 Å². The molecule has 230 valence electrons. The quantitative estimate of drug-likeness (QED) is 0.204. The van der Waals surface area contributed by atoms with E-state index in [4.69, 9.17) is 14.2 Å². The largest absolute Gasteiger partial charge is 0.463 e. The highest BCUT2D eigenvalue weighted by Gasteiger charge is 2.64. The Morgan fingerprint density at radius 1 is 1.05 bits per heavy atom. The first kappa shape index (κ1) is 32.6. The third-order valence-corrected chi connectivity index (χ3v) is 6.41. The summed E-state index contributed by atoms with van der Waals surface area (Å²) in [6.07, 6.45) is 1.87. The summed E-state index contributed by atoms with van der Waals surface area (Å²) < 4.78 is 44.8. The lowest BCUT2D eigenvalue weighted by molar-refractivity contribution is -0.337. The Hall–Kier alpha value is -3.91. The Labute approximate surface area is 241 Å². The second kappa shape index (κ2) is 15.4. The number of para-hydroxylation sites is 1. The van der Waals surface area contributed by atoms with E-state index in [2.05, 4.69) is 15.6 Å². The van der Waals surface area contributed by atoms with Gasteiger partial charge in [0.15, 0.2) is 0 Å². The van der Waals surface area contributed by atoms with Gasteiger partial charge in [-0.3, -0.25) is 14.9 Å². The van der Waals surface area contributed by atoms with Gasteiger partial charge in [0.2, 0.25) is 5.91 Å². The molecular weight excluding hydrogens is 558 g/mol. The van der Waals surface area contributed by atoms with Crippen molar-refractivity contribution in [3.8, 4) is 0 Å². The average molecular weight is 595 g/mol. The number of carbonyl (C=O) groups excluding carboxylic acids is 3. The summed E-state index contributed by atoms with van der Waals surface area (Å²) in [6, 6.07) is 10.1. The number of esters is 1. The fourth-order valence-electron chi connectivity index (χ4n) is 4.17. The van der Waals surface area contributed by atoms with E-state index >= 15 is 0 Å². The molecular formula is C28H36F2N4O8. The molecule has 2 amide bonds. The smallest absolute Gasteiger partial charge is 0.412 e. The number of anilines is 2. The Morgan fingerprint density at radius 2 is 1.76 bits per heavy atom. The minimum absolute atomic E-state index is 0.0440. The molecule has 1 aromatic heterocycles. The molecule has 0 spiro atoms. The second-order valence-corrected chi connectivity index (χ2v) is 9.85. The molecule has 14 heteroatoms. The number of alkyl halides is 2. The molecule has 1 saturated heterocycles. The van der Waals surface area contributed by atoms with Crippen LogP contribution in [-0.4, -0.2) is 57.9 Å². The summed E-state index contributed by atoms with van der Waals surface area (Å²) in [7, 11) is 0. The number of aliphatic hydroxyl groups is 1. The highest BCUT2D eigenvalue weighted by Crippen LogP contribution is 2.45. The molecule has 12 nitrogen and oxygen atoms in total. The zero-order valence-corrected chi connectivity index (χ0v) is 23.4. The van der Waals surface area contributed by atoms with Crippen molar-refractivity contribution in [2.75, 3.05) is 23.8 Å². The Bertz CT molecular complexity index is 1260. The summed E-state index contributed by atoms with van der Waals surface area (Å²) in [5.74, 6) is -8.28. The fraction of sp³-hybridized carbons (Fsp3) is 0.536. The number of carbonyl (C=O) groups is 3. The molecule has 3 rings (SSSR count). The molecule has 42 heavy (non-hydrogen) atoms. The standard InChI is InChI=1S/C28H36F2N4O8/c1-2-3-17-40-26(38)33-22-15-16-34(25(37)32-22)28(39)27(29,30)18-21(42-28)19-41-24(36)14-10-5-4-9-13-23(35)31-20-11-7-6-8-12-20/h6-8,11-12,15-16,21,39H,2-5,9-10,13-14,17-19H2,1H3,(H,31,35)(H,32,33,37,38). The van der Waals surface area contributed by atoms with E-state index in [1.807, 2.05) is 25.1 Å². The number of benzene rings is 1. The van der Waals surface area contributed by atoms with Gasteiger partial charge in [0.05, 0.1) is 6.61 Å². The van der Waals surface area contributed by atoms with Crippen LogP contribution in [0.2, 0.25) is 0 Å². The van der Waals surface area contributed by atoms with Crippen LogP contribution in [0.15, 0.2) is 47.4 Å². The number of rotatable bonds is 15. The van der Waals surface area contributed by atoms with Crippen LogP contribution in [0.1, 0.15) is 64.7 Å². The number of hydrogen-bond donors (Lipinski definition) is 3. The topological polar surface area (TPSA) is 158 Å². The van der Waals surface area contributed by atoms with Crippen LogP contribution >= 0.6 is 0 Å². The zero-order valence-electron chi connectivity index (χ0n) is 23.4. The predicted octanol–water partition coefficient (Wildman–Crippen LogP) is 4.14. The molecule has 1 aliphatic heterocycles. The van der Waals surface area contributed by atoms with E-state index in [0.717, 1.165) is 30.8 Å². The number of aromatic nitrogens is 2. The van der Waals surface area contributed by atoms with Crippen molar-refractivity contribution in [1.29, 1.82) is 0 Å².